The summed E-state index contributed by atoms with van der Waals surface area (Å²) in [6.45, 7) is 4.07. The molecule has 0 rings (SSSR count). The quantitative estimate of drug-likeness (QED) is 0.499. The lowest BCUT2D eigenvalue weighted by atomic mass is 10.4. The first-order chi connectivity index (χ1) is 7.95. The van der Waals surface area contributed by atoms with Gasteiger partial charge in [-0.1, -0.05) is 0 Å². The van der Waals surface area contributed by atoms with Gasteiger partial charge in [0.05, 0.1) is 18.8 Å². The maximum absolute atomic E-state index is 11.0. The van der Waals surface area contributed by atoms with Gasteiger partial charge in [-0.05, 0) is 13.8 Å². The van der Waals surface area contributed by atoms with E-state index in [0.29, 0.717) is 6.61 Å². The van der Waals surface area contributed by atoms with Gasteiger partial charge in [0, 0.05) is 19.3 Å². The first-order valence-corrected chi connectivity index (χ1v) is 5.17. The molecule has 6 heteroatoms. The summed E-state index contributed by atoms with van der Waals surface area (Å²) < 4.78 is 15.1. The van der Waals surface area contributed by atoms with Crippen LogP contribution < -0.4 is 0 Å². The molecule has 0 saturated carbocycles. The van der Waals surface area contributed by atoms with Crippen molar-refractivity contribution in [2.45, 2.75) is 26.1 Å². The molecular weight excluding hydrogens is 228 g/mol. The Bertz CT molecular complexity index is 273. The summed E-state index contributed by atoms with van der Waals surface area (Å²) in [6, 6.07) is 0. The molecular formula is C11H18O6. The van der Waals surface area contributed by atoms with Crippen molar-refractivity contribution < 1.29 is 28.9 Å². The van der Waals surface area contributed by atoms with Gasteiger partial charge in [-0.2, -0.15) is 0 Å². The second kappa shape index (κ2) is 8.72. The zero-order chi connectivity index (χ0) is 13.3. The van der Waals surface area contributed by atoms with Crippen molar-refractivity contribution in [3.05, 3.63) is 12.2 Å². The number of methoxy groups -OCH3 is 1. The minimum Gasteiger partial charge on any atom is -0.478 e. The number of carboxylic acid groups (broad SMARTS) is 1. The van der Waals surface area contributed by atoms with Crippen molar-refractivity contribution in [3.63, 3.8) is 0 Å². The molecule has 6 nitrogen and oxygen atoms in total. The second-order valence-corrected chi connectivity index (χ2v) is 3.49. The van der Waals surface area contributed by atoms with Crippen LogP contribution in [0.1, 0.15) is 13.8 Å². The number of hydrogen-bond donors (Lipinski definition) is 1. The Kier molecular flexibility index (Phi) is 8.00. The molecule has 0 aliphatic heterocycles. The Morgan fingerprint density at radius 3 is 2.35 bits per heavy atom. The Morgan fingerprint density at radius 2 is 1.82 bits per heavy atom. The van der Waals surface area contributed by atoms with Gasteiger partial charge < -0.3 is 19.3 Å². The largest absolute Gasteiger partial charge is 0.478 e. The third kappa shape index (κ3) is 9.52. The molecule has 0 aliphatic carbocycles. The molecule has 0 saturated heterocycles. The monoisotopic (exact) mass is 246 g/mol. The van der Waals surface area contributed by atoms with Crippen molar-refractivity contribution in [1.82, 2.24) is 0 Å². The topological polar surface area (TPSA) is 82.1 Å². The van der Waals surface area contributed by atoms with E-state index in [-0.39, 0.29) is 18.8 Å². The van der Waals surface area contributed by atoms with Gasteiger partial charge in [0.2, 0.25) is 0 Å². The second-order valence-electron chi connectivity index (χ2n) is 3.49. The lowest BCUT2D eigenvalue weighted by Gasteiger charge is -2.15. The van der Waals surface area contributed by atoms with Crippen molar-refractivity contribution in [2.75, 3.05) is 20.3 Å². The molecule has 0 aromatic carbocycles. The van der Waals surface area contributed by atoms with Crippen molar-refractivity contribution in [3.8, 4) is 0 Å². The van der Waals surface area contributed by atoms with E-state index in [1.165, 1.54) is 0 Å². The molecule has 0 radical (unpaired) electrons. The Labute approximate surface area is 100 Å². The summed E-state index contributed by atoms with van der Waals surface area (Å²) in [7, 11) is 1.58. The average Bonchev–Trinajstić information content (AvgIpc) is 2.30. The molecule has 2 unspecified atom stereocenters. The summed E-state index contributed by atoms with van der Waals surface area (Å²) >= 11 is 0. The number of carbonyl (C=O) groups excluding carboxylic acids is 1. The van der Waals surface area contributed by atoms with E-state index in [2.05, 4.69) is 0 Å². The molecule has 2 atom stereocenters. The summed E-state index contributed by atoms with van der Waals surface area (Å²) in [5.74, 6) is -1.90. The third-order valence-electron chi connectivity index (χ3n) is 1.84. The maximum atomic E-state index is 11.0. The number of ether oxygens (including phenoxy) is 3. The number of aliphatic carboxylic acids is 1. The van der Waals surface area contributed by atoms with Crippen LogP contribution in [0.3, 0.4) is 0 Å². The molecule has 0 amide bonds. The molecule has 0 aromatic heterocycles. The minimum absolute atomic E-state index is 0.0277. The van der Waals surface area contributed by atoms with E-state index in [1.54, 1.807) is 14.0 Å². The highest BCUT2D eigenvalue weighted by molar-refractivity contribution is 5.90. The standard InChI is InChI=1S/C11H18O6/c1-8(15-3)6-16-9(2)7-17-11(14)5-4-10(12)13/h4-5,8-9H,6-7H2,1-3H3,(H,12,13)/b5-4-. The van der Waals surface area contributed by atoms with Crippen molar-refractivity contribution >= 4 is 11.9 Å². The lowest BCUT2D eigenvalue weighted by molar-refractivity contribution is -0.143. The van der Waals surface area contributed by atoms with Crippen LogP contribution in [0, 0.1) is 0 Å². The summed E-state index contributed by atoms with van der Waals surface area (Å²) in [5, 5.41) is 8.28. The van der Waals surface area contributed by atoms with Gasteiger partial charge in [-0.25, -0.2) is 9.59 Å². The zero-order valence-corrected chi connectivity index (χ0v) is 10.2. The number of hydrogen-bond acceptors (Lipinski definition) is 5. The van der Waals surface area contributed by atoms with E-state index in [0.717, 1.165) is 12.2 Å². The molecule has 0 fully saturated rings. The Balaban J connectivity index is 3.72. The van der Waals surface area contributed by atoms with Crippen LogP contribution in [-0.2, 0) is 23.8 Å². The van der Waals surface area contributed by atoms with Crippen LogP contribution in [0.25, 0.3) is 0 Å². The number of esters is 1. The first kappa shape index (κ1) is 15.6. The fourth-order valence-corrected chi connectivity index (χ4v) is 0.803. The first-order valence-electron chi connectivity index (χ1n) is 5.17. The van der Waals surface area contributed by atoms with Crippen LogP contribution in [0.2, 0.25) is 0 Å². The number of carbonyl (C=O) groups is 2. The van der Waals surface area contributed by atoms with Crippen LogP contribution in [0.4, 0.5) is 0 Å². The molecule has 0 aromatic rings. The predicted octanol–water partition coefficient (Wildman–Crippen LogP) is 0.610. The van der Waals surface area contributed by atoms with Crippen LogP contribution in [-0.4, -0.2) is 49.6 Å². The highest BCUT2D eigenvalue weighted by Crippen LogP contribution is 1.97. The third-order valence-corrected chi connectivity index (χ3v) is 1.84. The highest BCUT2D eigenvalue weighted by Gasteiger charge is 2.08. The lowest BCUT2D eigenvalue weighted by Crippen LogP contribution is -2.23. The molecule has 98 valence electrons. The van der Waals surface area contributed by atoms with Gasteiger partial charge in [0.25, 0.3) is 0 Å². The fourth-order valence-electron chi connectivity index (χ4n) is 0.803. The van der Waals surface area contributed by atoms with E-state index in [4.69, 9.17) is 19.3 Å². The SMILES string of the molecule is COC(C)COC(C)COC(=O)/C=C\C(=O)O. The van der Waals surface area contributed by atoms with Crippen LogP contribution in [0.5, 0.6) is 0 Å². The van der Waals surface area contributed by atoms with E-state index < -0.39 is 11.9 Å². The average molecular weight is 246 g/mol. The molecule has 0 aliphatic rings. The number of rotatable bonds is 8. The minimum atomic E-state index is -1.19. The van der Waals surface area contributed by atoms with Crippen LogP contribution >= 0.6 is 0 Å². The zero-order valence-electron chi connectivity index (χ0n) is 10.2. The molecule has 1 N–H and O–H groups in total. The Hall–Kier alpha value is -1.40. The highest BCUT2D eigenvalue weighted by atomic mass is 16.6. The molecule has 0 heterocycles. The fraction of sp³-hybridized carbons (Fsp3) is 0.636. The van der Waals surface area contributed by atoms with E-state index in [9.17, 15) is 9.59 Å². The summed E-state index contributed by atoms with van der Waals surface area (Å²) in [5.41, 5.74) is 0. The van der Waals surface area contributed by atoms with Gasteiger partial charge in [-0.3, -0.25) is 0 Å². The Morgan fingerprint density at radius 1 is 1.18 bits per heavy atom. The molecule has 17 heavy (non-hydrogen) atoms. The van der Waals surface area contributed by atoms with Crippen molar-refractivity contribution in [2.24, 2.45) is 0 Å². The molecule has 0 spiro atoms. The van der Waals surface area contributed by atoms with E-state index >= 15 is 0 Å². The normalized spacial score (nSPS) is 14.5. The van der Waals surface area contributed by atoms with Gasteiger partial charge in [0.15, 0.2) is 0 Å². The smallest absolute Gasteiger partial charge is 0.331 e. The van der Waals surface area contributed by atoms with E-state index in [1.807, 2.05) is 6.92 Å². The number of carboxylic acids is 1. The van der Waals surface area contributed by atoms with Gasteiger partial charge in [-0.15, -0.1) is 0 Å². The predicted molar refractivity (Wildman–Crippen MR) is 59.6 cm³/mol. The van der Waals surface area contributed by atoms with Crippen molar-refractivity contribution in [1.29, 1.82) is 0 Å². The maximum Gasteiger partial charge on any atom is 0.331 e. The molecule has 0 bridgehead atoms. The summed E-state index contributed by atoms with van der Waals surface area (Å²) in [4.78, 5) is 21.1. The van der Waals surface area contributed by atoms with Crippen LogP contribution in [0.15, 0.2) is 12.2 Å². The van der Waals surface area contributed by atoms with Gasteiger partial charge >= 0.3 is 11.9 Å². The summed E-state index contributed by atoms with van der Waals surface area (Å²) in [6.07, 6.45) is 1.28. The van der Waals surface area contributed by atoms with Gasteiger partial charge in [0.1, 0.15) is 6.61 Å².